The zero-order chi connectivity index (χ0) is 72.5. The zero-order valence-electron chi connectivity index (χ0n) is 57.5. The van der Waals surface area contributed by atoms with E-state index in [4.69, 9.17) is 4.74 Å². The highest BCUT2D eigenvalue weighted by Crippen LogP contribution is 2.41. The molecule has 4 aromatic carbocycles. The number of carbonyl (C=O) groups is 4. The Morgan fingerprint density at radius 3 is 1.15 bits per heavy atom. The van der Waals surface area contributed by atoms with Crippen LogP contribution in [0.15, 0.2) is 70.5 Å². The topological polar surface area (TPSA) is 172 Å². The number of aromatic nitrogens is 2. The van der Waals surface area contributed by atoms with E-state index in [0.717, 1.165) is 43.8 Å². The number of amides is 2. The molecule has 24 heteroatoms. The van der Waals surface area contributed by atoms with Gasteiger partial charge in [0.1, 0.15) is 35.4 Å². The van der Waals surface area contributed by atoms with Crippen LogP contribution in [-0.2, 0) is 49.1 Å². The summed E-state index contributed by atoms with van der Waals surface area (Å²) in [7, 11) is 6.74. The van der Waals surface area contributed by atoms with Crippen molar-refractivity contribution >= 4 is 23.8 Å². The fourth-order valence-corrected chi connectivity index (χ4v) is 12.2. The zero-order valence-corrected chi connectivity index (χ0v) is 57.5. The Morgan fingerprint density at radius 2 is 0.854 bits per heavy atom. The summed E-state index contributed by atoms with van der Waals surface area (Å²) in [5, 5.41) is 14.8. The first-order valence-electron chi connectivity index (χ1n) is 31.5. The van der Waals surface area contributed by atoms with E-state index in [1.165, 1.54) is 26.0 Å². The summed E-state index contributed by atoms with van der Waals surface area (Å²) in [5.74, 6) is -8.69. The molecule has 0 spiro atoms. The van der Waals surface area contributed by atoms with Gasteiger partial charge in [-0.15, -0.1) is 0 Å². The lowest BCUT2D eigenvalue weighted by molar-refractivity contribution is -0.144. The van der Waals surface area contributed by atoms with Crippen molar-refractivity contribution in [2.45, 2.75) is 165 Å². The summed E-state index contributed by atoms with van der Waals surface area (Å²) in [6.07, 6.45) is -9.33. The number of esters is 1. The maximum absolute atomic E-state index is 16.6. The van der Waals surface area contributed by atoms with E-state index in [1.54, 1.807) is 100 Å². The van der Waals surface area contributed by atoms with E-state index in [2.05, 4.69) is 10.6 Å². The molecule has 0 aliphatic heterocycles. The van der Waals surface area contributed by atoms with Gasteiger partial charge < -0.3 is 39.4 Å². The summed E-state index contributed by atoms with van der Waals surface area (Å²) in [4.78, 5) is 82.6. The Morgan fingerprint density at radius 1 is 0.521 bits per heavy atom. The predicted molar refractivity (Wildman–Crippen MR) is 350 cm³/mol. The number of hydrogen-bond acceptors (Lipinski definition) is 9. The van der Waals surface area contributed by atoms with Crippen LogP contribution in [0.5, 0.6) is 0 Å². The van der Waals surface area contributed by atoms with Crippen LogP contribution in [-0.4, -0.2) is 95.7 Å². The number of rotatable bonds is 25. The van der Waals surface area contributed by atoms with Crippen molar-refractivity contribution in [1.29, 1.82) is 0 Å². The highest BCUT2D eigenvalue weighted by molar-refractivity contribution is 5.84. The molecule has 4 atom stereocenters. The van der Waals surface area contributed by atoms with Gasteiger partial charge in [-0.2, -0.15) is 26.3 Å². The number of aryl methyl sites for hydroxylation is 8. The van der Waals surface area contributed by atoms with Crippen LogP contribution in [0.2, 0.25) is 0 Å². The monoisotopic (exact) mass is 1350 g/mol. The van der Waals surface area contributed by atoms with Gasteiger partial charge in [-0.1, -0.05) is 63.1 Å². The molecular weight excluding hydrogens is 1270 g/mol. The van der Waals surface area contributed by atoms with Crippen LogP contribution in [0.4, 0.5) is 43.9 Å². The SMILES string of the molecule is CCOC(=O)C[C@H](NC(=O)C(CC(C)C)n1cc(CCN(C)C)c(C(F)(F)F)cc1=O)c1c(F)c(C)cc(-c2c(C)cc(C)cc2C)c1F.Cc1cc(C)c(-c2cc(C)c(F)c([C@H](CC(=O)O)NC(=O)C(CC(C)C)n3cc(CCN(C)C)c(C(F)(F)F)cc3=O)c2F)c(C)c1. The molecule has 0 aliphatic carbocycles. The lowest BCUT2D eigenvalue weighted by Gasteiger charge is -2.27. The number of nitrogens with one attached hydrogen (secondary N) is 2. The highest BCUT2D eigenvalue weighted by atomic mass is 19.4. The lowest BCUT2D eigenvalue weighted by atomic mass is 9.88. The van der Waals surface area contributed by atoms with Crippen LogP contribution in [0, 0.1) is 90.5 Å². The maximum atomic E-state index is 16.6. The summed E-state index contributed by atoms with van der Waals surface area (Å²) in [6, 6.07) is 4.96. The lowest BCUT2D eigenvalue weighted by Crippen LogP contribution is -2.41. The number of carboxylic acids is 1. The van der Waals surface area contributed by atoms with Crippen LogP contribution in [0.1, 0.15) is 162 Å². The molecule has 14 nitrogen and oxygen atoms in total. The Hall–Kier alpha value is -8.12. The maximum Gasteiger partial charge on any atom is 0.416 e. The number of ether oxygens (including phenoxy) is 1. The van der Waals surface area contributed by atoms with Crippen molar-refractivity contribution in [2.75, 3.05) is 47.9 Å². The minimum Gasteiger partial charge on any atom is -0.481 e. The van der Waals surface area contributed by atoms with Crippen molar-refractivity contribution in [3.8, 4) is 22.3 Å². The smallest absolute Gasteiger partial charge is 0.416 e. The van der Waals surface area contributed by atoms with Gasteiger partial charge in [-0.05, 0) is 196 Å². The molecule has 0 saturated heterocycles. The van der Waals surface area contributed by atoms with Gasteiger partial charge in [0.2, 0.25) is 11.8 Å². The van der Waals surface area contributed by atoms with Gasteiger partial charge in [0.05, 0.1) is 42.7 Å². The summed E-state index contributed by atoms with van der Waals surface area (Å²) < 4.78 is 155. The second kappa shape index (κ2) is 32.7. The number of pyridine rings is 2. The summed E-state index contributed by atoms with van der Waals surface area (Å²) >= 11 is 0. The molecule has 6 aromatic rings. The third-order valence-corrected chi connectivity index (χ3v) is 16.4. The second-order valence-electron chi connectivity index (χ2n) is 26.2. The first kappa shape index (κ1) is 78.6. The normalized spacial score (nSPS) is 13.2. The van der Waals surface area contributed by atoms with Crippen molar-refractivity contribution in [3.63, 3.8) is 0 Å². The third-order valence-electron chi connectivity index (χ3n) is 16.4. The van der Waals surface area contributed by atoms with Gasteiger partial charge in [-0.3, -0.25) is 28.8 Å². The number of carbonyl (C=O) groups excluding carboxylic acids is 3. The molecule has 524 valence electrons. The largest absolute Gasteiger partial charge is 0.481 e. The average Bonchev–Trinajstić information content (AvgIpc) is 0.772. The Labute approximate surface area is 554 Å². The number of halogens is 10. The number of hydrogen-bond donors (Lipinski definition) is 3. The molecule has 2 amide bonds. The Balaban J connectivity index is 0.000000348. The molecule has 0 bridgehead atoms. The van der Waals surface area contributed by atoms with Gasteiger partial charge in [0.15, 0.2) is 0 Å². The van der Waals surface area contributed by atoms with Gasteiger partial charge in [-0.25, -0.2) is 17.6 Å². The summed E-state index contributed by atoms with van der Waals surface area (Å²) in [6.45, 7) is 22.7. The quantitative estimate of drug-likeness (QED) is 0.0370. The molecule has 2 aromatic heterocycles. The second-order valence-corrected chi connectivity index (χ2v) is 26.2. The fourth-order valence-electron chi connectivity index (χ4n) is 12.2. The number of carboxylic acid groups (broad SMARTS) is 1. The Bertz CT molecular complexity index is 3920. The minimum atomic E-state index is -4.83. The standard InChI is InChI=1S/C37H46F5N3O4.C35H42F5N3O4/c1-10-49-31(47)18-28(33-34(38)24(7)16-26(35(33)39)32-22(5)14-21(4)15-23(32)6)43-36(48)29(13-20(2)3)45-19-25(11-12-44(8)9)27(17-30(45)46)37(40,41)42;1-18(2)11-27(43-17-23(9-10-42(7)8)25(15-28(43)44)35(38,39)40)34(47)41-26(16-29(45)46)31-32(36)22(6)14-24(33(31)37)30-20(4)12-19(3)13-21(30)5/h14-17,19-20,28-29H,10-13,18H2,1-9H3,(H,43,48);12-15,17-18,26-27H,9-11,16H2,1-8H3,(H,41,47)(H,45,46)/t28-,29?;26-,27?/m00/s1. The number of aliphatic carboxylic acids is 1. The molecule has 2 unspecified atom stereocenters. The van der Waals surface area contributed by atoms with Gasteiger partial charge in [0.25, 0.3) is 11.1 Å². The molecule has 3 N–H and O–H groups in total. The van der Waals surface area contributed by atoms with Crippen molar-refractivity contribution in [3.05, 3.63) is 183 Å². The summed E-state index contributed by atoms with van der Waals surface area (Å²) in [5.41, 5.74) is -0.00131. The molecule has 6 rings (SSSR count). The van der Waals surface area contributed by atoms with E-state index < -0.39 is 130 Å². The third kappa shape index (κ3) is 19.8. The molecule has 0 aliphatic rings. The van der Waals surface area contributed by atoms with E-state index in [1.807, 2.05) is 38.1 Å². The minimum absolute atomic E-state index is 0.00212. The molecule has 0 radical (unpaired) electrons. The van der Waals surface area contributed by atoms with E-state index in [-0.39, 0.29) is 90.6 Å². The molecule has 96 heavy (non-hydrogen) atoms. The molecular formula is C72H88F10N6O8. The molecule has 0 saturated carbocycles. The number of nitrogens with zero attached hydrogens (tertiary/aromatic N) is 4. The molecule has 0 fully saturated rings. The average molecular weight is 1360 g/mol. The van der Waals surface area contributed by atoms with Crippen molar-refractivity contribution in [1.82, 2.24) is 29.6 Å². The van der Waals surface area contributed by atoms with Crippen LogP contribution >= 0.6 is 0 Å². The number of benzene rings is 4. The van der Waals surface area contributed by atoms with E-state index >= 15 is 17.6 Å². The van der Waals surface area contributed by atoms with Gasteiger partial charge >= 0.3 is 24.3 Å². The van der Waals surface area contributed by atoms with Crippen molar-refractivity contribution < 1.29 is 72.9 Å². The van der Waals surface area contributed by atoms with Gasteiger partial charge in [0, 0.05) is 59.9 Å². The number of alkyl halides is 6. The first-order chi connectivity index (χ1) is 44.5. The molecule has 2 heterocycles. The first-order valence-corrected chi connectivity index (χ1v) is 31.5. The number of likely N-dealkylation sites (N-methyl/N-ethyl adjacent to an activating group) is 2. The highest BCUT2D eigenvalue weighted by Gasteiger charge is 2.39. The van der Waals surface area contributed by atoms with Crippen molar-refractivity contribution in [2.24, 2.45) is 11.8 Å². The Kier molecular flexibility index (Phi) is 26.8. The van der Waals surface area contributed by atoms with E-state index in [9.17, 15) is 60.2 Å². The predicted octanol–water partition coefficient (Wildman–Crippen LogP) is 14.6. The fraction of sp³-hybridized carbons (Fsp3) is 0.472. The van der Waals surface area contributed by atoms with Crippen LogP contribution in [0.3, 0.4) is 0 Å². The van der Waals surface area contributed by atoms with Crippen LogP contribution < -0.4 is 21.8 Å². The van der Waals surface area contributed by atoms with Crippen LogP contribution in [0.25, 0.3) is 22.3 Å². The van der Waals surface area contributed by atoms with E-state index in [0.29, 0.717) is 34.4 Å².